The highest BCUT2D eigenvalue weighted by molar-refractivity contribution is 5.97. The number of nitrogens with zero attached hydrogens (tertiary/aromatic N) is 4. The molecule has 1 aliphatic rings. The number of nitrogens with one attached hydrogen (secondary N) is 1. The maximum atomic E-state index is 14.6. The number of aromatic nitrogens is 3. The Morgan fingerprint density at radius 1 is 1.21 bits per heavy atom. The summed E-state index contributed by atoms with van der Waals surface area (Å²) in [6, 6.07) is 12.8. The Morgan fingerprint density at radius 3 is 2.45 bits per heavy atom. The number of piperidine rings is 1. The van der Waals surface area contributed by atoms with Crippen LogP contribution in [0.25, 0.3) is 11.4 Å². The Labute approximate surface area is 194 Å². The third kappa shape index (κ3) is 5.28. The maximum Gasteiger partial charge on any atom is 0.254 e. The van der Waals surface area contributed by atoms with E-state index in [9.17, 15) is 9.18 Å². The molecule has 6 nitrogen and oxygen atoms in total. The van der Waals surface area contributed by atoms with Crippen molar-refractivity contribution in [1.29, 1.82) is 5.26 Å². The first-order valence-electron chi connectivity index (χ1n) is 11.5. The zero-order chi connectivity index (χ0) is 24.0. The van der Waals surface area contributed by atoms with Crippen LogP contribution in [0, 0.1) is 24.1 Å². The number of hydrogen-bond acceptors (Lipinski definition) is 4. The van der Waals surface area contributed by atoms with Crippen molar-refractivity contribution >= 4 is 5.91 Å². The van der Waals surface area contributed by atoms with Crippen molar-refractivity contribution in [3.8, 4) is 17.5 Å². The Morgan fingerprint density at radius 2 is 1.88 bits per heavy atom. The average Bonchev–Trinajstić information content (AvgIpc) is 3.34. The first-order valence-corrected chi connectivity index (χ1v) is 11.5. The van der Waals surface area contributed by atoms with Crippen LogP contribution in [-0.2, 0) is 6.42 Å². The second-order valence-electron chi connectivity index (χ2n) is 7.91. The number of carbonyl (C=O) groups is 1. The monoisotopic (exact) mass is 447 g/mol. The SMILES string of the molecule is CC.CCc1nc(-c2cc(C(=O)N3CCC(c4ccc(C#N)cc4)CC3)c(C)cc2F)n[nH]1. The van der Waals surface area contributed by atoms with Crippen LogP contribution in [0.1, 0.15) is 72.4 Å². The van der Waals surface area contributed by atoms with E-state index in [0.29, 0.717) is 47.9 Å². The van der Waals surface area contributed by atoms with Crippen molar-refractivity contribution < 1.29 is 9.18 Å². The standard InChI is InChI=1S/C24H24FN5O.C2H6/c1-3-22-27-23(29-28-22)20-13-19(15(2)12-21(20)25)24(31)30-10-8-18(9-11-30)17-6-4-16(14-26)5-7-17;1-2/h4-7,12-13,18H,3,8-11H2,1-2H3,(H,27,28,29);1-2H3. The Balaban J connectivity index is 0.00000149. The normalized spacial score (nSPS) is 13.8. The molecule has 1 fully saturated rings. The quantitative estimate of drug-likeness (QED) is 0.580. The van der Waals surface area contributed by atoms with Crippen molar-refractivity contribution in [1.82, 2.24) is 20.1 Å². The van der Waals surface area contributed by atoms with Gasteiger partial charge in [-0.3, -0.25) is 9.89 Å². The summed E-state index contributed by atoms with van der Waals surface area (Å²) in [6.45, 7) is 8.96. The molecule has 1 saturated heterocycles. The number of likely N-dealkylation sites (tertiary alicyclic amines) is 1. The van der Waals surface area contributed by atoms with Crippen LogP contribution in [0.5, 0.6) is 0 Å². The van der Waals surface area contributed by atoms with E-state index in [2.05, 4.69) is 21.3 Å². The third-order valence-corrected chi connectivity index (χ3v) is 5.95. The number of amides is 1. The first kappa shape index (κ1) is 24.1. The fraction of sp³-hybridized carbons (Fsp3) is 0.385. The van der Waals surface area contributed by atoms with Gasteiger partial charge in [0, 0.05) is 25.1 Å². The minimum absolute atomic E-state index is 0.0942. The van der Waals surface area contributed by atoms with E-state index < -0.39 is 5.82 Å². The van der Waals surface area contributed by atoms with Crippen LogP contribution in [0.15, 0.2) is 36.4 Å². The lowest BCUT2D eigenvalue weighted by Crippen LogP contribution is -2.38. The Kier molecular flexibility index (Phi) is 7.94. The number of aromatic amines is 1. The molecule has 0 radical (unpaired) electrons. The molecule has 0 atom stereocenters. The van der Waals surface area contributed by atoms with Gasteiger partial charge in [-0.2, -0.15) is 10.4 Å². The van der Waals surface area contributed by atoms with Gasteiger partial charge < -0.3 is 4.90 Å². The molecule has 0 saturated carbocycles. The largest absolute Gasteiger partial charge is 0.339 e. The number of nitriles is 1. The zero-order valence-corrected chi connectivity index (χ0v) is 19.7. The van der Waals surface area contributed by atoms with Crippen molar-refractivity contribution in [2.75, 3.05) is 13.1 Å². The molecule has 1 aromatic heterocycles. The van der Waals surface area contributed by atoms with Gasteiger partial charge in [0.1, 0.15) is 11.6 Å². The molecule has 0 aliphatic carbocycles. The molecule has 1 N–H and O–H groups in total. The second-order valence-corrected chi connectivity index (χ2v) is 7.91. The van der Waals surface area contributed by atoms with Crippen molar-refractivity contribution in [3.63, 3.8) is 0 Å². The third-order valence-electron chi connectivity index (χ3n) is 5.95. The lowest BCUT2D eigenvalue weighted by atomic mass is 9.88. The fourth-order valence-electron chi connectivity index (χ4n) is 4.06. The summed E-state index contributed by atoms with van der Waals surface area (Å²) in [7, 11) is 0. The molecule has 2 aromatic carbocycles. The molecule has 1 aliphatic heterocycles. The summed E-state index contributed by atoms with van der Waals surface area (Å²) in [5.41, 5.74) is 3.17. The van der Waals surface area contributed by atoms with Gasteiger partial charge in [0.25, 0.3) is 5.91 Å². The molecular formula is C26H30FN5O. The molecule has 33 heavy (non-hydrogen) atoms. The van der Waals surface area contributed by atoms with Crippen LogP contribution < -0.4 is 0 Å². The molecule has 7 heteroatoms. The van der Waals surface area contributed by atoms with Crippen molar-refractivity contribution in [2.24, 2.45) is 0 Å². The average molecular weight is 448 g/mol. The molecule has 3 aromatic rings. The van der Waals surface area contributed by atoms with E-state index in [4.69, 9.17) is 5.26 Å². The van der Waals surface area contributed by atoms with Gasteiger partial charge in [0.2, 0.25) is 0 Å². The highest BCUT2D eigenvalue weighted by Crippen LogP contribution is 2.30. The highest BCUT2D eigenvalue weighted by atomic mass is 19.1. The number of carbonyl (C=O) groups excluding carboxylic acids is 1. The number of halogens is 1. The van der Waals surface area contributed by atoms with E-state index in [1.165, 1.54) is 11.6 Å². The predicted octanol–water partition coefficient (Wildman–Crippen LogP) is 5.40. The van der Waals surface area contributed by atoms with Crippen LogP contribution >= 0.6 is 0 Å². The Hall–Kier alpha value is -3.53. The van der Waals surface area contributed by atoms with Gasteiger partial charge in [0.05, 0.1) is 17.2 Å². The molecule has 4 rings (SSSR count). The summed E-state index contributed by atoms with van der Waals surface area (Å²) < 4.78 is 14.6. The van der Waals surface area contributed by atoms with Crippen molar-refractivity contribution in [3.05, 3.63) is 70.3 Å². The molecule has 172 valence electrons. The van der Waals surface area contributed by atoms with Gasteiger partial charge in [-0.15, -0.1) is 0 Å². The first-order chi connectivity index (χ1) is 16.0. The molecule has 2 heterocycles. The van der Waals surface area contributed by atoms with E-state index in [1.54, 1.807) is 13.0 Å². The summed E-state index contributed by atoms with van der Waals surface area (Å²) >= 11 is 0. The minimum atomic E-state index is -0.435. The number of rotatable bonds is 4. The lowest BCUT2D eigenvalue weighted by Gasteiger charge is -2.32. The lowest BCUT2D eigenvalue weighted by molar-refractivity contribution is 0.0712. The van der Waals surface area contributed by atoms with Crippen LogP contribution in [0.3, 0.4) is 0 Å². The van der Waals surface area contributed by atoms with E-state index in [0.717, 1.165) is 12.8 Å². The molecule has 0 unspecified atom stereocenters. The van der Waals surface area contributed by atoms with Gasteiger partial charge in [-0.05, 0) is 61.1 Å². The summed E-state index contributed by atoms with van der Waals surface area (Å²) in [4.78, 5) is 19.4. The maximum absolute atomic E-state index is 14.6. The Bertz CT molecular complexity index is 1140. The van der Waals surface area contributed by atoms with Gasteiger partial charge in [-0.25, -0.2) is 9.37 Å². The smallest absolute Gasteiger partial charge is 0.254 e. The van der Waals surface area contributed by atoms with Gasteiger partial charge in [-0.1, -0.05) is 32.9 Å². The molecule has 0 bridgehead atoms. The van der Waals surface area contributed by atoms with E-state index >= 15 is 0 Å². The van der Waals surface area contributed by atoms with E-state index in [1.807, 2.05) is 49.9 Å². The number of benzene rings is 2. The van der Waals surface area contributed by atoms with Crippen LogP contribution in [0.2, 0.25) is 0 Å². The van der Waals surface area contributed by atoms with Crippen LogP contribution in [-0.4, -0.2) is 39.1 Å². The summed E-state index contributed by atoms with van der Waals surface area (Å²) in [6.07, 6.45) is 2.37. The summed E-state index contributed by atoms with van der Waals surface area (Å²) in [5.74, 6) is 0.775. The van der Waals surface area contributed by atoms with Gasteiger partial charge in [0.15, 0.2) is 5.82 Å². The number of H-pyrrole nitrogens is 1. The second kappa shape index (κ2) is 10.9. The highest BCUT2D eigenvalue weighted by Gasteiger charge is 2.26. The van der Waals surface area contributed by atoms with Crippen LogP contribution in [0.4, 0.5) is 4.39 Å². The zero-order valence-electron chi connectivity index (χ0n) is 19.7. The van der Waals surface area contributed by atoms with E-state index in [-0.39, 0.29) is 17.3 Å². The molecule has 0 spiro atoms. The molecule has 1 amide bonds. The topological polar surface area (TPSA) is 85.7 Å². The van der Waals surface area contributed by atoms with Crippen molar-refractivity contribution in [2.45, 2.75) is 52.9 Å². The summed E-state index contributed by atoms with van der Waals surface area (Å²) in [5, 5.41) is 15.9. The minimum Gasteiger partial charge on any atom is -0.339 e. The fourth-order valence-corrected chi connectivity index (χ4v) is 4.06. The number of aryl methyl sites for hydroxylation is 2. The predicted molar refractivity (Wildman–Crippen MR) is 126 cm³/mol. The molecular weight excluding hydrogens is 417 g/mol. The van der Waals surface area contributed by atoms with Gasteiger partial charge >= 0.3 is 0 Å². The number of hydrogen-bond donors (Lipinski definition) is 1.